The maximum atomic E-state index is 12.3. The van der Waals surface area contributed by atoms with Gasteiger partial charge in [-0.2, -0.15) is 0 Å². The lowest BCUT2D eigenvalue weighted by molar-refractivity contribution is 0.0517. The Bertz CT molecular complexity index is 673. The summed E-state index contributed by atoms with van der Waals surface area (Å²) in [5.74, 6) is 1.86. The molecule has 5 heteroatoms. The van der Waals surface area contributed by atoms with E-state index in [1.165, 1.54) is 5.56 Å². The molecule has 108 valence electrons. The topological polar surface area (TPSA) is 51.0 Å². The van der Waals surface area contributed by atoms with E-state index in [-0.39, 0.29) is 11.9 Å². The maximum absolute atomic E-state index is 12.3. The summed E-state index contributed by atoms with van der Waals surface area (Å²) < 4.78 is 1.94. The van der Waals surface area contributed by atoms with Crippen LogP contribution in [0.15, 0.2) is 30.3 Å². The first-order valence-corrected chi connectivity index (χ1v) is 7.52. The number of benzene rings is 1. The van der Waals surface area contributed by atoms with Gasteiger partial charge in [-0.25, -0.2) is 9.67 Å². The highest BCUT2D eigenvalue weighted by molar-refractivity contribution is 5.91. The van der Waals surface area contributed by atoms with Gasteiger partial charge in [0.2, 0.25) is 5.82 Å². The first-order valence-electron chi connectivity index (χ1n) is 7.52. The fraction of sp³-hybridized carbons (Fsp3) is 0.438. The van der Waals surface area contributed by atoms with Crippen molar-refractivity contribution in [1.29, 1.82) is 0 Å². The van der Waals surface area contributed by atoms with Crippen molar-refractivity contribution in [3.63, 3.8) is 0 Å². The van der Waals surface area contributed by atoms with Gasteiger partial charge in [0.05, 0.1) is 6.04 Å². The molecule has 2 aliphatic heterocycles. The molecule has 1 amide bonds. The fourth-order valence-corrected chi connectivity index (χ4v) is 3.24. The zero-order valence-corrected chi connectivity index (χ0v) is 12.1. The quantitative estimate of drug-likeness (QED) is 0.845. The molecule has 1 aromatic carbocycles. The molecule has 1 aromatic heterocycles. The number of amides is 1. The zero-order valence-electron chi connectivity index (χ0n) is 12.1. The lowest BCUT2D eigenvalue weighted by Crippen LogP contribution is -2.49. The highest BCUT2D eigenvalue weighted by Crippen LogP contribution is 2.30. The van der Waals surface area contributed by atoms with Crippen LogP contribution in [0.25, 0.3) is 0 Å². The summed E-state index contributed by atoms with van der Waals surface area (Å²) in [6, 6.07) is 10.5. The van der Waals surface area contributed by atoms with Gasteiger partial charge in [-0.1, -0.05) is 37.3 Å². The van der Waals surface area contributed by atoms with Crippen LogP contribution >= 0.6 is 0 Å². The van der Waals surface area contributed by atoms with Crippen molar-refractivity contribution in [2.24, 2.45) is 5.92 Å². The molecule has 1 atom stereocenters. The Labute approximate surface area is 123 Å². The minimum atomic E-state index is -0.0261. The zero-order chi connectivity index (χ0) is 14.4. The predicted octanol–water partition coefficient (Wildman–Crippen LogP) is 1.91. The Kier molecular flexibility index (Phi) is 2.80. The SMILES string of the molecule is CC1CN(C(=O)c2nc3n(n2)C(c2ccccc2)CC3)C1. The van der Waals surface area contributed by atoms with Gasteiger partial charge in [0, 0.05) is 19.5 Å². The van der Waals surface area contributed by atoms with Crippen molar-refractivity contribution in [2.45, 2.75) is 25.8 Å². The minimum absolute atomic E-state index is 0.0261. The molecule has 3 heterocycles. The number of nitrogens with zero attached hydrogens (tertiary/aromatic N) is 4. The van der Waals surface area contributed by atoms with E-state index in [1.54, 1.807) is 0 Å². The van der Waals surface area contributed by atoms with Crippen LogP contribution in [-0.4, -0.2) is 38.7 Å². The van der Waals surface area contributed by atoms with E-state index in [2.05, 4.69) is 29.1 Å². The molecular formula is C16H18N4O. The van der Waals surface area contributed by atoms with Crippen LogP contribution in [0.4, 0.5) is 0 Å². The van der Waals surface area contributed by atoms with Gasteiger partial charge in [0.15, 0.2) is 0 Å². The molecule has 1 fully saturated rings. The largest absolute Gasteiger partial charge is 0.335 e. The number of aromatic nitrogens is 3. The van der Waals surface area contributed by atoms with E-state index in [1.807, 2.05) is 27.8 Å². The van der Waals surface area contributed by atoms with Crippen LogP contribution in [0.2, 0.25) is 0 Å². The summed E-state index contributed by atoms with van der Waals surface area (Å²) in [7, 11) is 0. The summed E-state index contributed by atoms with van der Waals surface area (Å²) in [6.07, 6.45) is 1.89. The minimum Gasteiger partial charge on any atom is -0.335 e. The van der Waals surface area contributed by atoms with Crippen LogP contribution in [-0.2, 0) is 6.42 Å². The van der Waals surface area contributed by atoms with Gasteiger partial charge in [-0.15, -0.1) is 5.10 Å². The van der Waals surface area contributed by atoms with E-state index in [0.717, 1.165) is 31.8 Å². The van der Waals surface area contributed by atoms with Gasteiger partial charge < -0.3 is 4.90 Å². The highest BCUT2D eigenvalue weighted by Gasteiger charge is 2.33. The van der Waals surface area contributed by atoms with E-state index in [0.29, 0.717) is 11.7 Å². The number of hydrogen-bond donors (Lipinski definition) is 0. The van der Waals surface area contributed by atoms with E-state index >= 15 is 0 Å². The average molecular weight is 282 g/mol. The number of likely N-dealkylation sites (tertiary alicyclic amines) is 1. The van der Waals surface area contributed by atoms with Gasteiger partial charge in [0.1, 0.15) is 5.82 Å². The van der Waals surface area contributed by atoms with Crippen molar-refractivity contribution in [3.05, 3.63) is 47.5 Å². The van der Waals surface area contributed by atoms with E-state index < -0.39 is 0 Å². The van der Waals surface area contributed by atoms with Crippen LogP contribution in [0.3, 0.4) is 0 Å². The van der Waals surface area contributed by atoms with Crippen molar-refractivity contribution in [3.8, 4) is 0 Å². The van der Waals surface area contributed by atoms with Gasteiger partial charge >= 0.3 is 0 Å². The average Bonchev–Trinajstić information content (AvgIpc) is 3.04. The summed E-state index contributed by atoms with van der Waals surface area (Å²) in [5.41, 5.74) is 1.23. The van der Waals surface area contributed by atoms with Crippen LogP contribution in [0, 0.1) is 5.92 Å². The van der Waals surface area contributed by atoms with E-state index in [4.69, 9.17) is 0 Å². The normalized spacial score (nSPS) is 21.2. The van der Waals surface area contributed by atoms with Gasteiger partial charge in [0.25, 0.3) is 5.91 Å². The number of fused-ring (bicyclic) bond motifs is 1. The number of aryl methyl sites for hydroxylation is 1. The first kappa shape index (κ1) is 12.6. The number of hydrogen-bond acceptors (Lipinski definition) is 3. The Balaban J connectivity index is 1.60. The number of carbonyl (C=O) groups is 1. The maximum Gasteiger partial charge on any atom is 0.293 e. The summed E-state index contributed by atoms with van der Waals surface area (Å²) in [6.45, 7) is 3.80. The molecule has 1 unspecified atom stereocenters. The monoisotopic (exact) mass is 282 g/mol. The van der Waals surface area contributed by atoms with Crippen molar-refractivity contribution >= 4 is 5.91 Å². The fourth-order valence-electron chi connectivity index (χ4n) is 3.24. The first-order chi connectivity index (χ1) is 10.2. The smallest absolute Gasteiger partial charge is 0.293 e. The highest BCUT2D eigenvalue weighted by atomic mass is 16.2. The molecule has 2 aliphatic rings. The van der Waals surface area contributed by atoms with Crippen molar-refractivity contribution < 1.29 is 4.79 Å². The molecule has 4 rings (SSSR count). The molecule has 0 saturated carbocycles. The molecule has 5 nitrogen and oxygen atoms in total. The third-order valence-electron chi connectivity index (χ3n) is 4.37. The Morgan fingerprint density at radius 2 is 2.00 bits per heavy atom. The third-order valence-corrected chi connectivity index (χ3v) is 4.37. The molecule has 0 N–H and O–H groups in total. The van der Waals surface area contributed by atoms with Crippen molar-refractivity contribution in [1.82, 2.24) is 19.7 Å². The molecule has 0 radical (unpaired) electrons. The second-order valence-electron chi connectivity index (χ2n) is 6.08. The third kappa shape index (κ3) is 2.04. The molecule has 2 aromatic rings. The van der Waals surface area contributed by atoms with Gasteiger partial charge in [-0.05, 0) is 17.9 Å². The van der Waals surface area contributed by atoms with Crippen molar-refractivity contribution in [2.75, 3.05) is 13.1 Å². The van der Waals surface area contributed by atoms with Crippen LogP contribution < -0.4 is 0 Å². The molecule has 0 spiro atoms. The standard InChI is InChI=1S/C16H18N4O/c1-11-9-19(10-11)16(21)15-17-14-8-7-13(20(14)18-15)12-5-3-2-4-6-12/h2-6,11,13H,7-10H2,1H3. The molecule has 0 bridgehead atoms. The summed E-state index contributed by atoms with van der Waals surface area (Å²) in [5, 5.41) is 4.49. The number of rotatable bonds is 2. The summed E-state index contributed by atoms with van der Waals surface area (Å²) in [4.78, 5) is 18.6. The predicted molar refractivity (Wildman–Crippen MR) is 78.0 cm³/mol. The van der Waals surface area contributed by atoms with Crippen LogP contribution in [0.1, 0.15) is 41.4 Å². The molecule has 1 saturated heterocycles. The number of carbonyl (C=O) groups excluding carboxylic acids is 1. The Morgan fingerprint density at radius 3 is 2.71 bits per heavy atom. The lowest BCUT2D eigenvalue weighted by Gasteiger charge is -2.36. The lowest BCUT2D eigenvalue weighted by atomic mass is 10.0. The Hall–Kier alpha value is -2.17. The van der Waals surface area contributed by atoms with Gasteiger partial charge in [-0.3, -0.25) is 4.79 Å². The second kappa shape index (κ2) is 4.69. The Morgan fingerprint density at radius 1 is 1.24 bits per heavy atom. The molecule has 0 aliphatic carbocycles. The summed E-state index contributed by atoms with van der Waals surface area (Å²) >= 11 is 0. The molecular weight excluding hydrogens is 264 g/mol. The van der Waals surface area contributed by atoms with Crippen LogP contribution in [0.5, 0.6) is 0 Å². The second-order valence-corrected chi connectivity index (χ2v) is 6.08. The van der Waals surface area contributed by atoms with E-state index in [9.17, 15) is 4.79 Å². The molecule has 21 heavy (non-hydrogen) atoms.